The molecule has 1 saturated heterocycles. The Kier molecular flexibility index (Phi) is 11.4. The highest BCUT2D eigenvalue weighted by Gasteiger charge is 2.53. The molecule has 3 heterocycles. The van der Waals surface area contributed by atoms with Gasteiger partial charge in [-0.3, -0.25) is 4.90 Å². The second kappa shape index (κ2) is 15.7. The lowest BCUT2D eigenvalue weighted by atomic mass is 9.77. The van der Waals surface area contributed by atoms with E-state index in [1.165, 1.54) is 34.9 Å². The van der Waals surface area contributed by atoms with E-state index in [-0.39, 0.29) is 30.8 Å². The van der Waals surface area contributed by atoms with E-state index in [1.54, 1.807) is 27.7 Å². The van der Waals surface area contributed by atoms with Crippen molar-refractivity contribution >= 4 is 35.7 Å². The standard InChI is InChI=1S/C47H54F5N3O4Si/c1-29-21-36-35-24-32(48)19-20-39(35)53-41(36)42(40-37(49)22-30(23-38(40)50)46(8,57)31-25-54(26-31)43(56)59-44(2,3)4)55(29)27-47(51,52)28-58-60(45(5,6)7,33-15-11-9-12-16-33)34-17-13-10-14-18-34/h9-20,22-24,29,31,42,53,57H,21,25-28H2,1-8H3/t29-,42-,46?/m1/s1. The van der Waals surface area contributed by atoms with E-state index in [2.05, 4.69) is 4.98 Å². The number of hydrogen-bond acceptors (Lipinski definition) is 5. The third kappa shape index (κ3) is 8.13. The first-order chi connectivity index (χ1) is 28.0. The number of ether oxygens (including phenoxy) is 1. The number of aromatic nitrogens is 1. The van der Waals surface area contributed by atoms with Crippen LogP contribution in [0.2, 0.25) is 5.04 Å². The lowest BCUT2D eigenvalue weighted by Gasteiger charge is -2.47. The zero-order valence-corrected chi connectivity index (χ0v) is 36.4. The first-order valence-electron chi connectivity index (χ1n) is 20.4. The monoisotopic (exact) mass is 847 g/mol. The van der Waals surface area contributed by atoms with Crippen LogP contribution in [0, 0.1) is 23.4 Å². The maximum absolute atomic E-state index is 16.9. The number of hydrogen-bond donors (Lipinski definition) is 2. The molecule has 1 unspecified atom stereocenters. The summed E-state index contributed by atoms with van der Waals surface area (Å²) in [5.74, 6) is -6.67. The van der Waals surface area contributed by atoms with Crippen LogP contribution in [-0.4, -0.2) is 78.1 Å². The van der Waals surface area contributed by atoms with Gasteiger partial charge in [-0.25, -0.2) is 26.7 Å². The molecular formula is C47H54F5N3O4Si. The van der Waals surface area contributed by atoms with Crippen molar-refractivity contribution in [2.24, 2.45) is 5.92 Å². The number of halogens is 5. The Bertz CT molecular complexity index is 2290. The number of likely N-dealkylation sites (tertiary alicyclic amines) is 1. The van der Waals surface area contributed by atoms with Crippen LogP contribution in [0.5, 0.6) is 0 Å². The molecule has 7 rings (SSSR count). The summed E-state index contributed by atoms with van der Waals surface area (Å²) in [5, 5.41) is 13.3. The average Bonchev–Trinajstić information content (AvgIpc) is 3.48. The summed E-state index contributed by atoms with van der Waals surface area (Å²) in [6, 6.07) is 23.0. The summed E-state index contributed by atoms with van der Waals surface area (Å²) in [4.78, 5) is 18.6. The minimum absolute atomic E-state index is 0.0616. The molecule has 2 aliphatic rings. The molecule has 0 spiro atoms. The average molecular weight is 848 g/mol. The van der Waals surface area contributed by atoms with E-state index in [4.69, 9.17) is 9.16 Å². The van der Waals surface area contributed by atoms with Gasteiger partial charge in [-0.1, -0.05) is 81.4 Å². The second-order valence-electron chi connectivity index (χ2n) is 18.7. The number of nitrogens with zero attached hydrogens (tertiary/aromatic N) is 2. The van der Waals surface area contributed by atoms with E-state index in [0.29, 0.717) is 16.5 Å². The number of benzene rings is 4. The Morgan fingerprint density at radius 2 is 1.42 bits per heavy atom. The Labute approximate surface area is 349 Å². The molecule has 0 aliphatic carbocycles. The fraction of sp³-hybridized carbons (Fsp3) is 0.426. The first-order valence-corrected chi connectivity index (χ1v) is 22.3. The van der Waals surface area contributed by atoms with E-state index in [0.717, 1.165) is 22.5 Å². The number of nitrogens with one attached hydrogen (secondary N) is 1. The number of carbonyl (C=O) groups is 1. The molecule has 2 aliphatic heterocycles. The quantitative estimate of drug-likeness (QED) is 0.108. The highest BCUT2D eigenvalue weighted by atomic mass is 28.4. The highest BCUT2D eigenvalue weighted by Crippen LogP contribution is 2.46. The van der Waals surface area contributed by atoms with Crippen LogP contribution in [0.3, 0.4) is 0 Å². The zero-order valence-electron chi connectivity index (χ0n) is 35.4. The number of rotatable bonds is 10. The molecule has 0 radical (unpaired) electrons. The largest absolute Gasteiger partial charge is 0.444 e. The smallest absolute Gasteiger partial charge is 0.410 e. The van der Waals surface area contributed by atoms with E-state index in [1.807, 2.05) is 81.4 Å². The molecule has 1 fully saturated rings. The van der Waals surface area contributed by atoms with Crippen molar-refractivity contribution in [2.45, 2.75) is 96.1 Å². The van der Waals surface area contributed by atoms with E-state index >= 15 is 17.6 Å². The normalized spacial score (nSPS) is 19.2. The van der Waals surface area contributed by atoms with Gasteiger partial charge in [-0.2, -0.15) is 0 Å². The zero-order chi connectivity index (χ0) is 43.6. The van der Waals surface area contributed by atoms with Crippen LogP contribution in [0.15, 0.2) is 91.0 Å². The Balaban J connectivity index is 1.25. The molecule has 2 N–H and O–H groups in total. The molecule has 320 valence electrons. The lowest BCUT2D eigenvalue weighted by Crippen LogP contribution is -2.67. The minimum atomic E-state index is -3.52. The summed E-state index contributed by atoms with van der Waals surface area (Å²) < 4.78 is 94.2. The van der Waals surface area contributed by atoms with Crippen molar-refractivity contribution in [1.29, 1.82) is 0 Å². The number of aromatic amines is 1. The number of aliphatic hydroxyl groups is 1. The van der Waals surface area contributed by atoms with E-state index < -0.39 is 90.7 Å². The number of alkyl halides is 2. The molecule has 13 heteroatoms. The summed E-state index contributed by atoms with van der Waals surface area (Å²) >= 11 is 0. The second-order valence-corrected chi connectivity index (χ2v) is 23.0. The summed E-state index contributed by atoms with van der Waals surface area (Å²) in [7, 11) is -3.39. The van der Waals surface area contributed by atoms with Gasteiger partial charge in [0.25, 0.3) is 14.2 Å². The van der Waals surface area contributed by atoms with Gasteiger partial charge in [0.05, 0.1) is 24.8 Å². The van der Waals surface area contributed by atoms with Gasteiger partial charge in [0.15, 0.2) is 0 Å². The van der Waals surface area contributed by atoms with Crippen LogP contribution < -0.4 is 10.4 Å². The minimum Gasteiger partial charge on any atom is -0.444 e. The van der Waals surface area contributed by atoms with Crippen LogP contribution in [-0.2, 0) is 21.2 Å². The van der Waals surface area contributed by atoms with Gasteiger partial charge in [-0.15, -0.1) is 0 Å². The van der Waals surface area contributed by atoms with Crippen molar-refractivity contribution < 1.29 is 41.0 Å². The molecule has 7 nitrogen and oxygen atoms in total. The van der Waals surface area contributed by atoms with Crippen molar-refractivity contribution in [3.63, 3.8) is 0 Å². The maximum Gasteiger partial charge on any atom is 0.410 e. The molecule has 1 amide bonds. The van der Waals surface area contributed by atoms with Crippen LogP contribution >= 0.6 is 0 Å². The number of amides is 1. The fourth-order valence-corrected chi connectivity index (χ4v) is 13.6. The van der Waals surface area contributed by atoms with Gasteiger partial charge in [0.1, 0.15) is 23.1 Å². The Morgan fingerprint density at radius 1 is 0.850 bits per heavy atom. The number of H-pyrrole nitrogens is 1. The van der Waals surface area contributed by atoms with Crippen molar-refractivity contribution in [1.82, 2.24) is 14.8 Å². The Morgan fingerprint density at radius 3 is 1.95 bits per heavy atom. The van der Waals surface area contributed by atoms with Crippen LogP contribution in [0.1, 0.15) is 83.8 Å². The maximum atomic E-state index is 16.9. The number of carbonyl (C=O) groups excluding carboxylic acids is 1. The molecule has 0 bridgehead atoms. The predicted molar refractivity (Wildman–Crippen MR) is 226 cm³/mol. The van der Waals surface area contributed by atoms with Gasteiger partial charge in [0.2, 0.25) is 0 Å². The summed E-state index contributed by atoms with van der Waals surface area (Å²) in [6.45, 7) is 12.7. The molecule has 1 aromatic heterocycles. The van der Waals surface area contributed by atoms with Gasteiger partial charge >= 0.3 is 6.09 Å². The van der Waals surface area contributed by atoms with Gasteiger partial charge in [-0.05, 0) is 97.9 Å². The van der Waals surface area contributed by atoms with E-state index in [9.17, 15) is 14.3 Å². The van der Waals surface area contributed by atoms with Crippen LogP contribution in [0.4, 0.5) is 26.7 Å². The topological polar surface area (TPSA) is 78.0 Å². The van der Waals surface area contributed by atoms with Gasteiger partial charge in [0, 0.05) is 47.2 Å². The Hall–Kier alpha value is -4.56. The molecule has 3 atom stereocenters. The molecule has 0 saturated carbocycles. The van der Waals surface area contributed by atoms with Crippen molar-refractivity contribution in [3.05, 3.63) is 131 Å². The third-order valence-electron chi connectivity index (χ3n) is 12.2. The first kappa shape index (κ1) is 43.5. The number of fused-ring (bicyclic) bond motifs is 3. The molecule has 4 aromatic carbocycles. The molecule has 60 heavy (non-hydrogen) atoms. The van der Waals surface area contributed by atoms with Crippen LogP contribution in [0.25, 0.3) is 10.9 Å². The SMILES string of the molecule is C[C@@H]1Cc2c([nH]c3ccc(F)cc23)[C@@H](c2c(F)cc(C(C)(O)C3CN(C(=O)OC(C)(C)C)C3)cc2F)N1CC(F)(F)CO[Si](c1ccccc1)(c1ccccc1)C(C)(C)C. The van der Waals surface area contributed by atoms with Crippen molar-refractivity contribution in [2.75, 3.05) is 26.2 Å². The molecular weight excluding hydrogens is 794 g/mol. The molecule has 5 aromatic rings. The predicted octanol–water partition coefficient (Wildman–Crippen LogP) is 9.21. The van der Waals surface area contributed by atoms with Crippen molar-refractivity contribution in [3.8, 4) is 0 Å². The highest BCUT2D eigenvalue weighted by molar-refractivity contribution is 6.99. The lowest BCUT2D eigenvalue weighted by molar-refractivity contribution is -0.0829. The summed E-state index contributed by atoms with van der Waals surface area (Å²) in [6.07, 6.45) is -0.358. The third-order valence-corrected chi connectivity index (χ3v) is 17.2. The summed E-state index contributed by atoms with van der Waals surface area (Å²) in [5.41, 5.74) is -1.67. The fourth-order valence-electron chi connectivity index (χ4n) is 9.06. The van der Waals surface area contributed by atoms with Gasteiger partial charge < -0.3 is 24.2 Å².